The second kappa shape index (κ2) is 7.49. The summed E-state index contributed by atoms with van der Waals surface area (Å²) >= 11 is 7.63. The van der Waals surface area contributed by atoms with Crippen LogP contribution in [0.1, 0.15) is 52.4 Å². The predicted molar refractivity (Wildman–Crippen MR) is 101 cm³/mol. The Morgan fingerprint density at radius 3 is 3.00 bits per heavy atom. The Balaban J connectivity index is 1.74. The van der Waals surface area contributed by atoms with E-state index >= 15 is 0 Å². The molecule has 0 aliphatic heterocycles. The number of rotatable bonds is 4. The second-order valence-electron chi connectivity index (χ2n) is 6.27. The van der Waals surface area contributed by atoms with E-state index in [4.69, 9.17) is 11.6 Å². The average Bonchev–Trinajstić information content (AvgIpc) is 2.98. The molecule has 1 aromatic heterocycles. The number of thiophene rings is 1. The Morgan fingerprint density at radius 1 is 1.42 bits per heavy atom. The zero-order valence-electron chi connectivity index (χ0n) is 13.9. The van der Waals surface area contributed by atoms with Crippen molar-refractivity contribution in [2.24, 2.45) is 11.0 Å². The number of hydrogen-bond acceptors (Lipinski definition) is 3. The van der Waals surface area contributed by atoms with Crippen molar-refractivity contribution in [2.45, 2.75) is 39.5 Å². The van der Waals surface area contributed by atoms with E-state index in [1.165, 1.54) is 16.9 Å². The topological polar surface area (TPSA) is 41.5 Å². The molecule has 0 saturated heterocycles. The molecule has 1 heterocycles. The maximum absolute atomic E-state index is 12.4. The SMILES string of the molecule is CC/C(=N/NC(=O)c1cc2c(s1)CC[C@@H](C)C2)c1cccc(Cl)c1. The van der Waals surface area contributed by atoms with Crippen LogP contribution in [0.4, 0.5) is 0 Å². The van der Waals surface area contributed by atoms with Crippen molar-refractivity contribution in [1.29, 1.82) is 0 Å². The number of fused-ring (bicyclic) bond motifs is 1. The van der Waals surface area contributed by atoms with Gasteiger partial charge in [-0.25, -0.2) is 5.43 Å². The molecule has 24 heavy (non-hydrogen) atoms. The van der Waals surface area contributed by atoms with Crippen molar-refractivity contribution in [1.82, 2.24) is 5.43 Å². The summed E-state index contributed by atoms with van der Waals surface area (Å²) in [5.74, 6) is 0.575. The first-order valence-electron chi connectivity index (χ1n) is 8.31. The van der Waals surface area contributed by atoms with Crippen LogP contribution >= 0.6 is 22.9 Å². The van der Waals surface area contributed by atoms with Gasteiger partial charge in [0.2, 0.25) is 0 Å². The molecule has 0 radical (unpaired) electrons. The van der Waals surface area contributed by atoms with Gasteiger partial charge in [0.1, 0.15) is 0 Å². The van der Waals surface area contributed by atoms with Crippen LogP contribution in [0.25, 0.3) is 0 Å². The van der Waals surface area contributed by atoms with Gasteiger partial charge in [0, 0.05) is 9.90 Å². The van der Waals surface area contributed by atoms with E-state index in [-0.39, 0.29) is 5.91 Å². The van der Waals surface area contributed by atoms with E-state index in [2.05, 4.69) is 17.5 Å². The van der Waals surface area contributed by atoms with Crippen LogP contribution in [0.2, 0.25) is 5.02 Å². The quantitative estimate of drug-likeness (QED) is 0.600. The van der Waals surface area contributed by atoms with Gasteiger partial charge in [-0.2, -0.15) is 5.10 Å². The molecule has 0 saturated carbocycles. The molecule has 1 aliphatic carbocycles. The van der Waals surface area contributed by atoms with Gasteiger partial charge in [0.25, 0.3) is 5.91 Å². The number of nitrogens with zero attached hydrogens (tertiary/aromatic N) is 1. The largest absolute Gasteiger partial charge is 0.281 e. The second-order valence-corrected chi connectivity index (χ2v) is 7.84. The highest BCUT2D eigenvalue weighted by atomic mass is 35.5. The third-order valence-corrected chi connectivity index (χ3v) is 5.81. The minimum Gasteiger partial charge on any atom is -0.266 e. The molecule has 126 valence electrons. The number of carbonyl (C=O) groups is 1. The molecule has 0 spiro atoms. The Hall–Kier alpha value is -1.65. The number of benzene rings is 1. The van der Waals surface area contributed by atoms with Gasteiger partial charge in [-0.1, -0.05) is 37.6 Å². The van der Waals surface area contributed by atoms with Crippen LogP contribution < -0.4 is 5.43 Å². The third kappa shape index (κ3) is 3.87. The van der Waals surface area contributed by atoms with Crippen molar-refractivity contribution < 1.29 is 4.79 Å². The third-order valence-electron chi connectivity index (χ3n) is 4.34. The smallest absolute Gasteiger partial charge is 0.266 e. The van der Waals surface area contributed by atoms with Gasteiger partial charge in [0.05, 0.1) is 10.6 Å². The first kappa shape index (κ1) is 17.2. The molecule has 1 aliphatic rings. The van der Waals surface area contributed by atoms with E-state index in [1.807, 2.05) is 37.3 Å². The molecule has 1 aromatic carbocycles. The maximum atomic E-state index is 12.4. The van der Waals surface area contributed by atoms with Gasteiger partial charge in [0.15, 0.2) is 0 Å². The van der Waals surface area contributed by atoms with Crippen molar-refractivity contribution in [3.8, 4) is 0 Å². The summed E-state index contributed by atoms with van der Waals surface area (Å²) in [6, 6.07) is 9.56. The summed E-state index contributed by atoms with van der Waals surface area (Å²) < 4.78 is 0. The summed E-state index contributed by atoms with van der Waals surface area (Å²) in [4.78, 5) is 14.5. The summed E-state index contributed by atoms with van der Waals surface area (Å²) in [6.45, 7) is 4.28. The average molecular weight is 361 g/mol. The molecular formula is C19H21ClN2OS. The lowest BCUT2D eigenvalue weighted by molar-refractivity contribution is 0.0959. The van der Waals surface area contributed by atoms with Crippen LogP contribution in [-0.2, 0) is 12.8 Å². The van der Waals surface area contributed by atoms with Gasteiger partial charge < -0.3 is 0 Å². The van der Waals surface area contributed by atoms with E-state index in [9.17, 15) is 4.79 Å². The highest BCUT2D eigenvalue weighted by molar-refractivity contribution is 7.14. The highest BCUT2D eigenvalue weighted by Crippen LogP contribution is 2.32. The Labute approximate surface area is 151 Å². The van der Waals surface area contributed by atoms with Gasteiger partial charge in [-0.15, -0.1) is 11.3 Å². The summed E-state index contributed by atoms with van der Waals surface area (Å²) in [5.41, 5.74) is 5.79. The number of nitrogens with one attached hydrogen (secondary N) is 1. The molecule has 0 fully saturated rings. The van der Waals surface area contributed by atoms with E-state index in [0.29, 0.717) is 10.9 Å². The monoisotopic (exact) mass is 360 g/mol. The fraction of sp³-hybridized carbons (Fsp3) is 0.368. The molecule has 3 rings (SSSR count). The minimum absolute atomic E-state index is 0.130. The van der Waals surface area contributed by atoms with Crippen LogP contribution in [0.5, 0.6) is 0 Å². The number of hydrogen-bond donors (Lipinski definition) is 1. The van der Waals surface area contributed by atoms with Crippen LogP contribution in [-0.4, -0.2) is 11.6 Å². The number of hydrazone groups is 1. The molecule has 2 aromatic rings. The van der Waals surface area contributed by atoms with Crippen molar-refractivity contribution >= 4 is 34.6 Å². The number of amides is 1. The van der Waals surface area contributed by atoms with Gasteiger partial charge in [-0.05, 0) is 60.9 Å². The molecule has 1 atom stereocenters. The minimum atomic E-state index is -0.130. The number of carbonyl (C=O) groups excluding carboxylic acids is 1. The fourth-order valence-corrected chi connectivity index (χ4v) is 4.30. The Kier molecular flexibility index (Phi) is 5.36. The van der Waals surface area contributed by atoms with E-state index in [0.717, 1.165) is 35.4 Å². The van der Waals surface area contributed by atoms with Crippen LogP contribution in [0, 0.1) is 5.92 Å². The Morgan fingerprint density at radius 2 is 2.25 bits per heavy atom. The molecule has 3 nitrogen and oxygen atoms in total. The number of aryl methyl sites for hydroxylation is 1. The zero-order valence-corrected chi connectivity index (χ0v) is 15.5. The number of halogens is 1. The first-order chi connectivity index (χ1) is 11.6. The lowest BCUT2D eigenvalue weighted by Gasteiger charge is -2.16. The standard InChI is InChI=1S/C19H21ClN2OS/c1-3-16(13-5-4-6-15(20)10-13)21-22-19(23)18-11-14-9-12(2)7-8-17(14)24-18/h4-6,10-12H,3,7-9H2,1-2H3,(H,22,23)/b21-16-/t12-/m1/s1. The maximum Gasteiger partial charge on any atom is 0.281 e. The van der Waals surface area contributed by atoms with Crippen molar-refractivity contribution in [3.05, 3.63) is 56.2 Å². The van der Waals surface area contributed by atoms with Gasteiger partial charge >= 0.3 is 0 Å². The molecule has 1 amide bonds. The lowest BCUT2D eigenvalue weighted by Crippen LogP contribution is -2.19. The summed E-state index contributed by atoms with van der Waals surface area (Å²) in [5, 5.41) is 4.98. The summed E-state index contributed by atoms with van der Waals surface area (Å²) in [6.07, 6.45) is 4.09. The molecule has 5 heteroatoms. The van der Waals surface area contributed by atoms with Gasteiger partial charge in [-0.3, -0.25) is 4.79 Å². The highest BCUT2D eigenvalue weighted by Gasteiger charge is 2.20. The van der Waals surface area contributed by atoms with Crippen LogP contribution in [0.3, 0.4) is 0 Å². The van der Waals surface area contributed by atoms with Crippen LogP contribution in [0.15, 0.2) is 35.4 Å². The molecule has 1 N–H and O–H groups in total. The predicted octanol–water partition coefficient (Wildman–Crippen LogP) is 5.07. The van der Waals surface area contributed by atoms with Crippen molar-refractivity contribution in [2.75, 3.05) is 0 Å². The van der Waals surface area contributed by atoms with E-state index < -0.39 is 0 Å². The fourth-order valence-electron chi connectivity index (χ4n) is 3.01. The zero-order chi connectivity index (χ0) is 17.1. The van der Waals surface area contributed by atoms with E-state index in [1.54, 1.807) is 11.3 Å². The lowest BCUT2D eigenvalue weighted by atomic mass is 9.90. The first-order valence-corrected chi connectivity index (χ1v) is 9.50. The molecular weight excluding hydrogens is 340 g/mol. The molecule has 0 bridgehead atoms. The van der Waals surface area contributed by atoms with Crippen molar-refractivity contribution in [3.63, 3.8) is 0 Å². The molecule has 0 unspecified atom stereocenters. The summed E-state index contributed by atoms with van der Waals surface area (Å²) in [7, 11) is 0. The normalized spacial score (nSPS) is 17.5. The Bertz CT molecular complexity index is 781.